The van der Waals surface area contributed by atoms with Crippen LogP contribution in [0.25, 0.3) is 22.7 Å². The van der Waals surface area contributed by atoms with E-state index in [2.05, 4.69) is 4.98 Å². The molecule has 0 saturated carbocycles. The standard InChI is InChI=1S/C31H24N4O4S2/c1-19-24(29(39-22-12-6-3-7-13-22)35(33-19)21-10-4-2-5-11-21)17-27-28(36)34(31(40)41-27)26(30(37)38)16-20-18-32-25-15-9-8-14-23(20)25/h2-15,17-18,26,32H,16H2,1H3,(H,37,38)/b27-17-/t26-/m0/s1. The molecule has 1 atom stereocenters. The SMILES string of the molecule is Cc1nn(-c2ccccc2)c(Oc2ccccc2)c1/C=C1\SC(=S)N([C@@H](Cc2c[nH]c3ccccc23)C(=O)O)C1=O. The molecule has 3 aromatic carbocycles. The number of carbonyl (C=O) groups excluding carboxylic acids is 1. The normalized spacial score (nSPS) is 15.1. The molecule has 1 aliphatic heterocycles. The highest BCUT2D eigenvalue weighted by atomic mass is 32.2. The summed E-state index contributed by atoms with van der Waals surface area (Å²) in [6, 6.07) is 25.3. The third-order valence-corrected chi connectivity index (χ3v) is 8.14. The molecule has 5 aromatic rings. The Morgan fingerprint density at radius 1 is 1.07 bits per heavy atom. The number of hydrogen-bond acceptors (Lipinski definition) is 6. The van der Waals surface area contributed by atoms with Crippen LogP contribution in [0.4, 0.5) is 0 Å². The summed E-state index contributed by atoms with van der Waals surface area (Å²) in [5.41, 5.74) is 3.72. The summed E-state index contributed by atoms with van der Waals surface area (Å²) in [5.74, 6) is -0.561. The topological polar surface area (TPSA) is 100 Å². The van der Waals surface area contributed by atoms with Gasteiger partial charge >= 0.3 is 5.97 Å². The zero-order valence-corrected chi connectivity index (χ0v) is 23.5. The first kappa shape index (κ1) is 26.5. The van der Waals surface area contributed by atoms with Crippen LogP contribution in [0.3, 0.4) is 0 Å². The zero-order chi connectivity index (χ0) is 28.5. The highest BCUT2D eigenvalue weighted by Gasteiger charge is 2.41. The first-order chi connectivity index (χ1) is 19.9. The van der Waals surface area contributed by atoms with Crippen molar-refractivity contribution in [3.63, 3.8) is 0 Å². The van der Waals surface area contributed by atoms with E-state index in [1.165, 1.54) is 4.90 Å². The Kier molecular flexibility index (Phi) is 7.17. The van der Waals surface area contributed by atoms with E-state index in [1.54, 1.807) is 17.0 Å². The monoisotopic (exact) mass is 580 g/mol. The number of carbonyl (C=O) groups is 2. The number of thiocarbonyl (C=S) groups is 1. The molecule has 1 fully saturated rings. The van der Waals surface area contributed by atoms with Crippen LogP contribution >= 0.6 is 24.0 Å². The average Bonchev–Trinajstić information content (AvgIpc) is 3.62. The minimum atomic E-state index is -1.17. The lowest BCUT2D eigenvalue weighted by molar-refractivity contribution is -0.145. The van der Waals surface area contributed by atoms with Crippen molar-refractivity contribution in [2.75, 3.05) is 0 Å². The fourth-order valence-corrected chi connectivity index (χ4v) is 6.14. The Labute approximate surface area is 245 Å². The first-order valence-electron chi connectivity index (χ1n) is 12.8. The van der Waals surface area contributed by atoms with Gasteiger partial charge in [0, 0.05) is 23.5 Å². The number of ether oxygens (including phenoxy) is 1. The quantitative estimate of drug-likeness (QED) is 0.163. The lowest BCUT2D eigenvalue weighted by Crippen LogP contribution is -2.45. The smallest absolute Gasteiger partial charge is 0.327 e. The highest BCUT2D eigenvalue weighted by Crippen LogP contribution is 2.39. The van der Waals surface area contributed by atoms with Crippen molar-refractivity contribution in [1.29, 1.82) is 0 Å². The molecule has 8 nitrogen and oxygen atoms in total. The van der Waals surface area contributed by atoms with Crippen molar-refractivity contribution in [1.82, 2.24) is 19.7 Å². The maximum absolute atomic E-state index is 13.7. The van der Waals surface area contributed by atoms with Gasteiger partial charge in [-0.25, -0.2) is 4.79 Å². The van der Waals surface area contributed by atoms with Gasteiger partial charge in [0.2, 0.25) is 5.88 Å². The number of thioether (sulfide) groups is 1. The number of fused-ring (bicyclic) bond motifs is 1. The van der Waals surface area contributed by atoms with Crippen molar-refractivity contribution < 1.29 is 19.4 Å². The van der Waals surface area contributed by atoms with E-state index in [-0.39, 0.29) is 10.7 Å². The van der Waals surface area contributed by atoms with Crippen LogP contribution in [0.15, 0.2) is 96.0 Å². The lowest BCUT2D eigenvalue weighted by atomic mass is 10.0. The number of carboxylic acids is 1. The van der Waals surface area contributed by atoms with Crippen molar-refractivity contribution in [2.24, 2.45) is 0 Å². The van der Waals surface area contributed by atoms with Gasteiger partial charge in [-0.15, -0.1) is 0 Å². The lowest BCUT2D eigenvalue weighted by Gasteiger charge is -2.23. The Hall–Kier alpha value is -4.67. The van der Waals surface area contributed by atoms with Crippen molar-refractivity contribution in [2.45, 2.75) is 19.4 Å². The molecular weight excluding hydrogens is 556 g/mol. The highest BCUT2D eigenvalue weighted by molar-refractivity contribution is 8.26. The minimum absolute atomic E-state index is 0.104. The number of aryl methyl sites for hydroxylation is 1. The molecule has 0 bridgehead atoms. The second-order valence-electron chi connectivity index (χ2n) is 9.44. The molecule has 6 rings (SSSR count). The van der Waals surface area contributed by atoms with Crippen LogP contribution in [-0.4, -0.2) is 47.0 Å². The number of aliphatic carboxylic acids is 1. The number of carboxylic acid groups (broad SMARTS) is 1. The van der Waals surface area contributed by atoms with Gasteiger partial charge in [-0.1, -0.05) is 78.6 Å². The van der Waals surface area contributed by atoms with Gasteiger partial charge in [-0.3, -0.25) is 9.69 Å². The molecule has 41 heavy (non-hydrogen) atoms. The largest absolute Gasteiger partial charge is 0.480 e. The molecular formula is C31H24N4O4S2. The predicted octanol–water partition coefficient (Wildman–Crippen LogP) is 6.35. The molecule has 1 saturated heterocycles. The van der Waals surface area contributed by atoms with Gasteiger partial charge in [0.05, 0.1) is 21.8 Å². The number of aromatic nitrogens is 3. The summed E-state index contributed by atoms with van der Waals surface area (Å²) >= 11 is 6.63. The fourth-order valence-electron chi connectivity index (χ4n) is 4.80. The van der Waals surface area contributed by atoms with Crippen molar-refractivity contribution >= 4 is 57.2 Å². The molecule has 0 radical (unpaired) electrons. The van der Waals surface area contributed by atoms with Gasteiger partial charge < -0.3 is 14.8 Å². The molecule has 0 unspecified atom stereocenters. The van der Waals surface area contributed by atoms with Crippen LogP contribution in [-0.2, 0) is 16.0 Å². The maximum Gasteiger partial charge on any atom is 0.327 e. The Morgan fingerprint density at radius 2 is 1.76 bits per heavy atom. The Balaban J connectivity index is 1.37. The van der Waals surface area contributed by atoms with E-state index in [4.69, 9.17) is 22.1 Å². The third-order valence-electron chi connectivity index (χ3n) is 6.80. The summed E-state index contributed by atoms with van der Waals surface area (Å²) in [5, 5.41) is 15.8. The van der Waals surface area contributed by atoms with E-state index < -0.39 is 17.9 Å². The summed E-state index contributed by atoms with van der Waals surface area (Å²) in [4.78, 5) is 30.8. The first-order valence-corrected chi connectivity index (χ1v) is 14.1. The number of nitrogens with zero attached hydrogens (tertiary/aromatic N) is 3. The number of aromatic amines is 1. The molecule has 2 aromatic heterocycles. The Morgan fingerprint density at radius 3 is 2.49 bits per heavy atom. The molecule has 1 amide bonds. The van der Waals surface area contributed by atoms with E-state index in [0.717, 1.165) is 33.9 Å². The molecule has 0 spiro atoms. The number of para-hydroxylation sites is 3. The summed E-state index contributed by atoms with van der Waals surface area (Å²) in [7, 11) is 0. The van der Waals surface area contributed by atoms with Gasteiger partial charge in [-0.2, -0.15) is 9.78 Å². The number of H-pyrrole nitrogens is 1. The molecule has 3 heterocycles. The third kappa shape index (κ3) is 5.15. The maximum atomic E-state index is 13.7. The van der Waals surface area contributed by atoms with Gasteiger partial charge in [-0.05, 0) is 48.9 Å². The minimum Gasteiger partial charge on any atom is -0.480 e. The number of amides is 1. The van der Waals surface area contributed by atoms with Crippen LogP contribution in [0, 0.1) is 6.92 Å². The van der Waals surface area contributed by atoms with E-state index in [1.807, 2.05) is 91.9 Å². The predicted molar refractivity (Wildman–Crippen MR) is 163 cm³/mol. The van der Waals surface area contributed by atoms with Gasteiger partial charge in [0.1, 0.15) is 16.1 Å². The number of benzene rings is 3. The molecule has 204 valence electrons. The number of rotatable bonds is 8. The van der Waals surface area contributed by atoms with Gasteiger partial charge in [0.15, 0.2) is 0 Å². The van der Waals surface area contributed by atoms with E-state index in [0.29, 0.717) is 27.8 Å². The van der Waals surface area contributed by atoms with Crippen molar-refractivity contribution in [3.05, 3.63) is 113 Å². The number of hydrogen-bond donors (Lipinski definition) is 2. The van der Waals surface area contributed by atoms with Crippen LogP contribution in [0.2, 0.25) is 0 Å². The summed E-state index contributed by atoms with van der Waals surface area (Å²) in [6.45, 7) is 1.83. The van der Waals surface area contributed by atoms with E-state index in [9.17, 15) is 14.7 Å². The number of nitrogens with one attached hydrogen (secondary N) is 1. The van der Waals surface area contributed by atoms with Crippen molar-refractivity contribution in [3.8, 4) is 17.3 Å². The summed E-state index contributed by atoms with van der Waals surface area (Å²) in [6.07, 6.45) is 3.57. The molecule has 2 N–H and O–H groups in total. The zero-order valence-electron chi connectivity index (χ0n) is 21.9. The summed E-state index contributed by atoms with van der Waals surface area (Å²) < 4.78 is 8.18. The Bertz CT molecular complexity index is 1810. The van der Waals surface area contributed by atoms with Crippen LogP contribution < -0.4 is 4.74 Å². The van der Waals surface area contributed by atoms with Crippen LogP contribution in [0.5, 0.6) is 11.6 Å². The fraction of sp³-hybridized carbons (Fsp3) is 0.0968. The average molecular weight is 581 g/mol. The second-order valence-corrected chi connectivity index (χ2v) is 11.1. The van der Waals surface area contributed by atoms with Crippen LogP contribution in [0.1, 0.15) is 16.8 Å². The van der Waals surface area contributed by atoms with E-state index >= 15 is 0 Å². The molecule has 0 aliphatic carbocycles. The molecule has 1 aliphatic rings. The molecule has 10 heteroatoms. The van der Waals surface area contributed by atoms with Gasteiger partial charge in [0.25, 0.3) is 5.91 Å². The second kappa shape index (κ2) is 11.1.